The van der Waals surface area contributed by atoms with Crippen molar-refractivity contribution in [3.63, 3.8) is 0 Å². The number of carbonyl (C=O) groups excluding carboxylic acids is 1. The van der Waals surface area contributed by atoms with Gasteiger partial charge in [0.1, 0.15) is 11.5 Å². The Morgan fingerprint density at radius 1 is 1.28 bits per heavy atom. The van der Waals surface area contributed by atoms with Gasteiger partial charge in [0.05, 0.1) is 16.8 Å². The second kappa shape index (κ2) is 7.53. The molecule has 0 aliphatic carbocycles. The molecule has 0 radical (unpaired) electrons. The van der Waals surface area contributed by atoms with Crippen molar-refractivity contribution in [1.29, 1.82) is 0 Å². The Hall–Kier alpha value is -2.60. The molecule has 0 fully saturated rings. The fourth-order valence-corrected chi connectivity index (χ4v) is 3.25. The van der Waals surface area contributed by atoms with Gasteiger partial charge in [-0.15, -0.1) is 0 Å². The van der Waals surface area contributed by atoms with Crippen molar-refractivity contribution in [3.8, 4) is 11.5 Å². The van der Waals surface area contributed by atoms with Crippen molar-refractivity contribution in [1.82, 2.24) is 4.98 Å². The lowest BCUT2D eigenvalue weighted by molar-refractivity contribution is -0.122. The van der Waals surface area contributed by atoms with E-state index < -0.39 is 6.10 Å². The topological polar surface area (TPSA) is 60.5 Å². The first kappa shape index (κ1) is 17.2. The minimum Gasteiger partial charge on any atom is -0.494 e. The molecule has 2 aromatic carbocycles. The molecule has 1 heterocycles. The summed E-state index contributed by atoms with van der Waals surface area (Å²) in [6, 6.07) is 13.3. The number of fused-ring (bicyclic) bond motifs is 1. The van der Waals surface area contributed by atoms with Gasteiger partial charge in [0, 0.05) is 0 Å². The molecule has 3 rings (SSSR count). The number of nitrogens with one attached hydrogen (secondary N) is 1. The summed E-state index contributed by atoms with van der Waals surface area (Å²) in [6.45, 7) is 6.23. The molecule has 3 aromatic rings. The number of hydrogen-bond acceptors (Lipinski definition) is 5. The summed E-state index contributed by atoms with van der Waals surface area (Å²) in [5.41, 5.74) is 1.82. The van der Waals surface area contributed by atoms with Crippen molar-refractivity contribution in [3.05, 3.63) is 48.0 Å². The SMILES string of the molecule is CCOc1ccc2nc(NC(=O)[C@@H](C)Oc3ccccc3C)sc2c1. The number of aromatic nitrogens is 1. The minimum atomic E-state index is -0.618. The van der Waals surface area contributed by atoms with E-state index in [9.17, 15) is 4.79 Å². The molecule has 130 valence electrons. The van der Waals surface area contributed by atoms with Gasteiger partial charge in [-0.25, -0.2) is 4.98 Å². The molecule has 25 heavy (non-hydrogen) atoms. The predicted molar refractivity (Wildman–Crippen MR) is 101 cm³/mol. The number of thiazole rings is 1. The molecule has 1 N–H and O–H groups in total. The molecule has 0 spiro atoms. The van der Waals surface area contributed by atoms with Crippen molar-refractivity contribution < 1.29 is 14.3 Å². The molecular formula is C19H20N2O3S. The van der Waals surface area contributed by atoms with Gasteiger partial charge < -0.3 is 9.47 Å². The van der Waals surface area contributed by atoms with Gasteiger partial charge >= 0.3 is 0 Å². The van der Waals surface area contributed by atoms with Crippen LogP contribution in [0.5, 0.6) is 11.5 Å². The lowest BCUT2D eigenvalue weighted by atomic mass is 10.2. The quantitative estimate of drug-likeness (QED) is 0.711. The number of benzene rings is 2. The first-order valence-electron chi connectivity index (χ1n) is 8.13. The molecule has 0 saturated carbocycles. The van der Waals surface area contributed by atoms with Crippen LogP contribution in [0.4, 0.5) is 5.13 Å². The van der Waals surface area contributed by atoms with Crippen molar-refractivity contribution in [2.45, 2.75) is 26.9 Å². The second-order valence-electron chi connectivity index (χ2n) is 5.60. The molecule has 1 amide bonds. The molecular weight excluding hydrogens is 336 g/mol. The smallest absolute Gasteiger partial charge is 0.266 e. The van der Waals surface area contributed by atoms with Crippen LogP contribution in [0, 0.1) is 6.92 Å². The standard InChI is InChI=1S/C19H20N2O3S/c1-4-23-14-9-10-15-17(11-14)25-19(20-15)21-18(22)13(3)24-16-8-6-5-7-12(16)2/h5-11,13H,4H2,1-3H3,(H,20,21,22)/t13-/m1/s1. The average Bonchev–Trinajstić information content (AvgIpc) is 2.98. The maximum absolute atomic E-state index is 12.4. The van der Waals surface area contributed by atoms with E-state index in [1.807, 2.05) is 56.3 Å². The number of rotatable bonds is 6. The fourth-order valence-electron chi connectivity index (χ4n) is 2.35. The number of carbonyl (C=O) groups is 1. The number of hydrogen-bond donors (Lipinski definition) is 1. The van der Waals surface area contributed by atoms with Crippen LogP contribution in [0.2, 0.25) is 0 Å². The van der Waals surface area contributed by atoms with E-state index in [1.165, 1.54) is 11.3 Å². The zero-order valence-corrected chi connectivity index (χ0v) is 15.2. The zero-order chi connectivity index (χ0) is 17.8. The third kappa shape index (κ3) is 4.09. The number of ether oxygens (including phenoxy) is 2. The number of anilines is 1. The van der Waals surface area contributed by atoms with Crippen LogP contribution in [0.1, 0.15) is 19.4 Å². The van der Waals surface area contributed by atoms with E-state index in [-0.39, 0.29) is 5.91 Å². The Balaban J connectivity index is 1.69. The van der Waals surface area contributed by atoms with Crippen LogP contribution in [0.25, 0.3) is 10.2 Å². The van der Waals surface area contributed by atoms with Crippen molar-refractivity contribution >= 4 is 32.6 Å². The Morgan fingerprint density at radius 2 is 2.08 bits per heavy atom. The maximum Gasteiger partial charge on any atom is 0.266 e. The third-order valence-corrected chi connectivity index (χ3v) is 4.60. The summed E-state index contributed by atoms with van der Waals surface area (Å²) in [6.07, 6.45) is -0.618. The molecule has 1 atom stereocenters. The Labute approximate surface area is 150 Å². The van der Waals surface area contributed by atoms with Gasteiger partial charge in [-0.05, 0) is 50.6 Å². The Kier molecular flexibility index (Phi) is 5.19. The van der Waals surface area contributed by atoms with Gasteiger partial charge in [-0.3, -0.25) is 10.1 Å². The fraction of sp³-hybridized carbons (Fsp3) is 0.263. The number of aryl methyl sites for hydroxylation is 1. The second-order valence-corrected chi connectivity index (χ2v) is 6.63. The largest absolute Gasteiger partial charge is 0.494 e. The van der Waals surface area contributed by atoms with Gasteiger partial charge in [0.2, 0.25) is 0 Å². The number of nitrogens with zero attached hydrogens (tertiary/aromatic N) is 1. The molecule has 0 bridgehead atoms. The highest BCUT2D eigenvalue weighted by atomic mass is 32.1. The highest BCUT2D eigenvalue weighted by Gasteiger charge is 2.17. The highest BCUT2D eigenvalue weighted by molar-refractivity contribution is 7.22. The van der Waals surface area contributed by atoms with Gasteiger partial charge in [-0.2, -0.15) is 0 Å². The zero-order valence-electron chi connectivity index (χ0n) is 14.4. The number of para-hydroxylation sites is 1. The lowest BCUT2D eigenvalue weighted by Crippen LogP contribution is -2.30. The lowest BCUT2D eigenvalue weighted by Gasteiger charge is -2.15. The van der Waals surface area contributed by atoms with E-state index in [2.05, 4.69) is 10.3 Å². The number of amides is 1. The molecule has 6 heteroatoms. The summed E-state index contributed by atoms with van der Waals surface area (Å²) in [5.74, 6) is 1.27. The molecule has 0 unspecified atom stereocenters. The van der Waals surface area contributed by atoms with E-state index in [4.69, 9.17) is 9.47 Å². The Morgan fingerprint density at radius 3 is 2.84 bits per heavy atom. The molecule has 0 aliphatic rings. The summed E-state index contributed by atoms with van der Waals surface area (Å²) in [4.78, 5) is 16.8. The molecule has 1 aromatic heterocycles. The maximum atomic E-state index is 12.4. The first-order chi connectivity index (χ1) is 12.1. The van der Waals surface area contributed by atoms with E-state index in [0.717, 1.165) is 21.5 Å². The third-order valence-electron chi connectivity index (χ3n) is 3.67. The van der Waals surface area contributed by atoms with Crippen LogP contribution in [0.3, 0.4) is 0 Å². The predicted octanol–water partition coefficient (Wildman–Crippen LogP) is 4.41. The van der Waals surface area contributed by atoms with Crippen molar-refractivity contribution in [2.24, 2.45) is 0 Å². The van der Waals surface area contributed by atoms with Crippen LogP contribution in [0.15, 0.2) is 42.5 Å². The van der Waals surface area contributed by atoms with Crippen molar-refractivity contribution in [2.75, 3.05) is 11.9 Å². The summed E-state index contributed by atoms with van der Waals surface area (Å²) in [7, 11) is 0. The summed E-state index contributed by atoms with van der Waals surface area (Å²) >= 11 is 1.41. The highest BCUT2D eigenvalue weighted by Crippen LogP contribution is 2.29. The van der Waals surface area contributed by atoms with E-state index in [1.54, 1.807) is 6.92 Å². The summed E-state index contributed by atoms with van der Waals surface area (Å²) < 4.78 is 12.2. The van der Waals surface area contributed by atoms with Crippen LogP contribution < -0.4 is 14.8 Å². The Bertz CT molecular complexity index is 891. The molecule has 5 nitrogen and oxygen atoms in total. The minimum absolute atomic E-state index is 0.229. The van der Waals surface area contributed by atoms with E-state index >= 15 is 0 Å². The van der Waals surface area contributed by atoms with Crippen LogP contribution in [-0.2, 0) is 4.79 Å². The average molecular weight is 356 g/mol. The molecule has 0 aliphatic heterocycles. The van der Waals surface area contributed by atoms with Crippen LogP contribution >= 0.6 is 11.3 Å². The van der Waals surface area contributed by atoms with Gasteiger partial charge in [-0.1, -0.05) is 29.5 Å². The molecule has 0 saturated heterocycles. The summed E-state index contributed by atoms with van der Waals surface area (Å²) in [5, 5.41) is 3.37. The normalized spacial score (nSPS) is 12.0. The van der Waals surface area contributed by atoms with E-state index in [0.29, 0.717) is 17.5 Å². The first-order valence-corrected chi connectivity index (χ1v) is 8.95. The monoisotopic (exact) mass is 356 g/mol. The van der Waals surface area contributed by atoms with Gasteiger partial charge in [0.15, 0.2) is 11.2 Å². The van der Waals surface area contributed by atoms with Gasteiger partial charge in [0.25, 0.3) is 5.91 Å². The van der Waals surface area contributed by atoms with Crippen LogP contribution in [-0.4, -0.2) is 23.6 Å².